The van der Waals surface area contributed by atoms with Crippen molar-refractivity contribution in [3.05, 3.63) is 71.3 Å². The largest absolute Gasteiger partial charge is 0.476 e. The maximum Gasteiger partial charge on any atom is 0.374 e. The Morgan fingerprint density at radius 1 is 1.15 bits per heavy atom. The highest BCUT2D eigenvalue weighted by atomic mass is 19.1. The first-order valence-electron chi connectivity index (χ1n) is 10.9. The summed E-state index contributed by atoms with van der Waals surface area (Å²) in [6.45, 7) is 2.83. The Hall–Kier alpha value is -3.81. The molecule has 7 nitrogen and oxygen atoms in total. The summed E-state index contributed by atoms with van der Waals surface area (Å²) in [6.07, 6.45) is 3.35. The number of carboxylic acid groups (broad SMARTS) is 1. The molecule has 1 fully saturated rings. The van der Waals surface area contributed by atoms with Crippen LogP contribution in [0.4, 0.5) is 4.39 Å². The van der Waals surface area contributed by atoms with Crippen molar-refractivity contribution >= 4 is 17.1 Å². The van der Waals surface area contributed by atoms with Crippen LogP contribution in [0, 0.1) is 18.7 Å². The van der Waals surface area contributed by atoms with Crippen molar-refractivity contribution in [2.75, 3.05) is 6.61 Å². The van der Waals surface area contributed by atoms with Crippen LogP contribution in [0.1, 0.15) is 41.0 Å². The quantitative estimate of drug-likeness (QED) is 0.436. The fraction of sp³-hybridized carbons (Fsp3) is 0.280. The first kappa shape index (κ1) is 21.1. The Kier molecular flexibility index (Phi) is 5.50. The Morgan fingerprint density at radius 3 is 2.61 bits per heavy atom. The molecule has 8 heteroatoms. The maximum atomic E-state index is 13.5. The van der Waals surface area contributed by atoms with Crippen molar-refractivity contribution in [3.63, 3.8) is 0 Å². The lowest BCUT2D eigenvalue weighted by atomic mass is 9.86. The van der Waals surface area contributed by atoms with Gasteiger partial charge in [0.1, 0.15) is 11.6 Å². The number of nitrogens with zero attached hydrogens (tertiary/aromatic N) is 4. The van der Waals surface area contributed by atoms with Gasteiger partial charge >= 0.3 is 5.97 Å². The second-order valence-corrected chi connectivity index (χ2v) is 8.46. The van der Waals surface area contributed by atoms with E-state index in [2.05, 4.69) is 9.97 Å². The summed E-state index contributed by atoms with van der Waals surface area (Å²) in [6, 6.07) is 14.1. The number of ether oxygens (including phenoxy) is 1. The molecule has 1 N–H and O–H groups in total. The van der Waals surface area contributed by atoms with Gasteiger partial charge < -0.3 is 14.4 Å². The van der Waals surface area contributed by atoms with Crippen LogP contribution >= 0.6 is 0 Å². The van der Waals surface area contributed by atoms with Gasteiger partial charge in [-0.1, -0.05) is 42.3 Å². The Labute approximate surface area is 189 Å². The van der Waals surface area contributed by atoms with Crippen LogP contribution in [0.25, 0.3) is 22.6 Å². The molecule has 1 aliphatic rings. The van der Waals surface area contributed by atoms with E-state index in [1.165, 1.54) is 18.6 Å². The summed E-state index contributed by atoms with van der Waals surface area (Å²) in [5, 5.41) is 9.54. The third-order valence-electron chi connectivity index (χ3n) is 5.97. The van der Waals surface area contributed by atoms with E-state index in [9.17, 15) is 14.3 Å². The number of hydrogen-bond acceptors (Lipinski definition) is 5. The Balaban J connectivity index is 1.69. The van der Waals surface area contributed by atoms with Crippen LogP contribution in [0.3, 0.4) is 0 Å². The lowest BCUT2D eigenvalue weighted by molar-refractivity contribution is 0.0682. The molecule has 33 heavy (non-hydrogen) atoms. The highest BCUT2D eigenvalue weighted by molar-refractivity contribution is 5.89. The van der Waals surface area contributed by atoms with Crippen molar-refractivity contribution in [2.24, 2.45) is 5.92 Å². The van der Waals surface area contributed by atoms with E-state index in [1.807, 2.05) is 35.8 Å². The predicted molar refractivity (Wildman–Crippen MR) is 121 cm³/mol. The summed E-state index contributed by atoms with van der Waals surface area (Å²) >= 11 is 0. The van der Waals surface area contributed by atoms with Gasteiger partial charge in [-0.05, 0) is 49.4 Å². The van der Waals surface area contributed by atoms with Crippen molar-refractivity contribution in [2.45, 2.75) is 32.7 Å². The second-order valence-electron chi connectivity index (χ2n) is 8.46. The summed E-state index contributed by atoms with van der Waals surface area (Å²) < 4.78 is 21.5. The molecule has 0 bridgehead atoms. The van der Waals surface area contributed by atoms with E-state index in [4.69, 9.17) is 9.72 Å². The fourth-order valence-electron chi connectivity index (χ4n) is 3.99. The Bertz CT molecular complexity index is 1330. The van der Waals surface area contributed by atoms with Crippen LogP contribution in [0.2, 0.25) is 0 Å². The predicted octanol–water partition coefficient (Wildman–Crippen LogP) is 4.87. The smallest absolute Gasteiger partial charge is 0.374 e. The van der Waals surface area contributed by atoms with Crippen LogP contribution < -0.4 is 4.74 Å². The molecule has 0 atom stereocenters. The van der Waals surface area contributed by atoms with E-state index >= 15 is 0 Å². The molecule has 0 radical (unpaired) electrons. The molecule has 168 valence electrons. The number of benzene rings is 2. The molecule has 5 rings (SSSR count). The molecule has 0 unspecified atom stereocenters. The summed E-state index contributed by atoms with van der Waals surface area (Å²) in [4.78, 5) is 24.8. The van der Waals surface area contributed by atoms with E-state index in [0.717, 1.165) is 29.5 Å². The van der Waals surface area contributed by atoms with Gasteiger partial charge in [0.25, 0.3) is 0 Å². The molecule has 2 heterocycles. The minimum Gasteiger partial charge on any atom is -0.476 e. The molecular formula is C25H23FN4O3. The molecule has 0 amide bonds. The lowest BCUT2D eigenvalue weighted by Gasteiger charge is -2.25. The number of carboxylic acids is 1. The molecule has 1 saturated carbocycles. The number of aromatic carboxylic acids is 1. The summed E-state index contributed by atoms with van der Waals surface area (Å²) in [7, 11) is 0. The van der Waals surface area contributed by atoms with Gasteiger partial charge in [0.05, 0.1) is 6.61 Å². The molecule has 2 aromatic carbocycles. The average molecular weight is 446 g/mol. The van der Waals surface area contributed by atoms with Crippen molar-refractivity contribution in [1.82, 2.24) is 19.5 Å². The van der Waals surface area contributed by atoms with Crippen molar-refractivity contribution in [3.8, 4) is 17.3 Å². The van der Waals surface area contributed by atoms with Crippen LogP contribution in [-0.2, 0) is 6.54 Å². The molecular weight excluding hydrogens is 423 g/mol. The zero-order valence-corrected chi connectivity index (χ0v) is 18.2. The van der Waals surface area contributed by atoms with E-state index in [0.29, 0.717) is 30.4 Å². The molecule has 0 aliphatic heterocycles. The minimum absolute atomic E-state index is 0.206. The minimum atomic E-state index is -1.24. The van der Waals surface area contributed by atoms with Gasteiger partial charge in [0, 0.05) is 12.1 Å². The number of aromatic nitrogens is 4. The number of carbonyl (C=O) groups is 1. The number of fused-ring (bicyclic) bond motifs is 1. The summed E-state index contributed by atoms with van der Waals surface area (Å²) in [5.74, 6) is -0.648. The average Bonchev–Trinajstić information content (AvgIpc) is 3.12. The second kappa shape index (κ2) is 8.61. The molecule has 0 saturated heterocycles. The van der Waals surface area contributed by atoms with Gasteiger partial charge in [0.15, 0.2) is 11.2 Å². The number of aryl methyl sites for hydroxylation is 1. The maximum absolute atomic E-state index is 13.5. The topological polar surface area (TPSA) is 90.1 Å². The van der Waals surface area contributed by atoms with Gasteiger partial charge in [-0.2, -0.15) is 4.98 Å². The van der Waals surface area contributed by atoms with Gasteiger partial charge in [-0.3, -0.25) is 0 Å². The SMILES string of the molecule is Cc1cccc(-c2nc3nc(C(=O)O)nc(OCC4CCC4)c3n2Cc2ccc(F)cc2)c1. The first-order chi connectivity index (χ1) is 16.0. The highest BCUT2D eigenvalue weighted by Crippen LogP contribution is 2.32. The molecule has 4 aromatic rings. The normalized spacial score (nSPS) is 13.8. The van der Waals surface area contributed by atoms with Gasteiger partial charge in [-0.15, -0.1) is 0 Å². The third-order valence-corrected chi connectivity index (χ3v) is 5.97. The first-order valence-corrected chi connectivity index (χ1v) is 10.9. The number of imidazole rings is 1. The standard InChI is InChI=1S/C25H23FN4O3/c1-15-4-2-7-18(12-15)23-28-21-20(30(23)13-16-8-10-19(26)11-9-16)24(29-22(27-21)25(31)32)33-14-17-5-3-6-17/h2,4,7-12,17H,3,5-6,13-14H2,1H3,(H,31,32). The fourth-order valence-corrected chi connectivity index (χ4v) is 3.99. The van der Waals surface area contributed by atoms with E-state index < -0.39 is 5.97 Å². The van der Waals surface area contributed by atoms with E-state index in [-0.39, 0.29) is 23.2 Å². The Morgan fingerprint density at radius 2 is 1.94 bits per heavy atom. The van der Waals surface area contributed by atoms with Crippen LogP contribution in [-0.4, -0.2) is 37.2 Å². The van der Waals surface area contributed by atoms with Crippen molar-refractivity contribution < 1.29 is 19.0 Å². The monoisotopic (exact) mass is 446 g/mol. The van der Waals surface area contributed by atoms with Gasteiger partial charge in [0.2, 0.25) is 11.7 Å². The number of halogens is 1. The summed E-state index contributed by atoms with van der Waals surface area (Å²) in [5.41, 5.74) is 3.56. The third kappa shape index (κ3) is 4.28. The van der Waals surface area contributed by atoms with Crippen LogP contribution in [0.5, 0.6) is 5.88 Å². The number of hydrogen-bond donors (Lipinski definition) is 1. The zero-order valence-electron chi connectivity index (χ0n) is 18.2. The number of rotatable bonds is 7. The van der Waals surface area contributed by atoms with Crippen LogP contribution in [0.15, 0.2) is 48.5 Å². The molecule has 1 aliphatic carbocycles. The zero-order chi connectivity index (χ0) is 22.9. The lowest BCUT2D eigenvalue weighted by Crippen LogP contribution is -2.20. The highest BCUT2D eigenvalue weighted by Gasteiger charge is 2.25. The molecule has 2 aromatic heterocycles. The molecule has 0 spiro atoms. The van der Waals surface area contributed by atoms with Gasteiger partial charge in [-0.25, -0.2) is 19.2 Å². The van der Waals surface area contributed by atoms with E-state index in [1.54, 1.807) is 12.1 Å². The van der Waals surface area contributed by atoms with Crippen molar-refractivity contribution in [1.29, 1.82) is 0 Å².